The molecule has 1 saturated heterocycles. The molecule has 2 N–H and O–H groups in total. The van der Waals surface area contributed by atoms with E-state index in [2.05, 4.69) is 18.8 Å². The fourth-order valence-corrected chi connectivity index (χ4v) is 2.72. The second-order valence-corrected chi connectivity index (χ2v) is 5.74. The summed E-state index contributed by atoms with van der Waals surface area (Å²) in [5, 5.41) is 2.90. The third-order valence-electron chi connectivity index (χ3n) is 3.06. The van der Waals surface area contributed by atoms with Gasteiger partial charge in [0.15, 0.2) is 0 Å². The fourth-order valence-electron chi connectivity index (χ4n) is 1.92. The summed E-state index contributed by atoms with van der Waals surface area (Å²) in [5.41, 5.74) is 6.42. The number of thiazole rings is 1. The van der Waals surface area contributed by atoms with Crippen LogP contribution in [0.15, 0.2) is 5.38 Å². The molecule has 0 atom stereocenters. The van der Waals surface area contributed by atoms with Gasteiger partial charge in [-0.25, -0.2) is 4.98 Å². The highest BCUT2D eigenvalue weighted by molar-refractivity contribution is 7.09. The lowest BCUT2D eigenvalue weighted by molar-refractivity contribution is 0.0709. The predicted octanol–water partition coefficient (Wildman–Crippen LogP) is 1.83. The second-order valence-electron chi connectivity index (χ2n) is 4.86. The average molecular weight is 253 g/mol. The summed E-state index contributed by atoms with van der Waals surface area (Å²) in [6, 6.07) is 0.251. The van der Waals surface area contributed by atoms with E-state index in [1.165, 1.54) is 0 Å². The maximum Gasteiger partial charge on any atom is 0.273 e. The number of rotatable bonds is 2. The summed E-state index contributed by atoms with van der Waals surface area (Å²) >= 11 is 1.57. The molecule has 0 spiro atoms. The van der Waals surface area contributed by atoms with Gasteiger partial charge < -0.3 is 10.6 Å². The molecule has 0 aliphatic carbocycles. The van der Waals surface area contributed by atoms with E-state index in [4.69, 9.17) is 5.73 Å². The highest BCUT2D eigenvalue weighted by Gasteiger charge is 2.23. The fraction of sp³-hybridized carbons (Fsp3) is 0.667. The first-order valence-electron chi connectivity index (χ1n) is 6.08. The molecular weight excluding hydrogens is 234 g/mol. The minimum atomic E-state index is 0.0556. The topological polar surface area (TPSA) is 59.2 Å². The maximum atomic E-state index is 12.2. The molecule has 1 aromatic rings. The van der Waals surface area contributed by atoms with Gasteiger partial charge >= 0.3 is 0 Å². The van der Waals surface area contributed by atoms with Gasteiger partial charge in [0.2, 0.25) is 0 Å². The van der Waals surface area contributed by atoms with Crippen molar-refractivity contribution in [2.24, 2.45) is 5.73 Å². The van der Waals surface area contributed by atoms with E-state index in [-0.39, 0.29) is 11.9 Å². The standard InChI is InChI=1S/C12H19N3OS/c1-8(2)11-14-10(7-17-11)12(16)15-5-3-9(13)4-6-15/h7-9H,3-6,13H2,1-2H3. The molecule has 0 radical (unpaired) electrons. The molecule has 1 aromatic heterocycles. The Morgan fingerprint density at radius 1 is 1.53 bits per heavy atom. The van der Waals surface area contributed by atoms with Crippen molar-refractivity contribution in [3.05, 3.63) is 16.1 Å². The Hall–Kier alpha value is -0.940. The van der Waals surface area contributed by atoms with Gasteiger partial charge in [-0.2, -0.15) is 0 Å². The van der Waals surface area contributed by atoms with Gasteiger partial charge in [-0.1, -0.05) is 13.8 Å². The van der Waals surface area contributed by atoms with E-state index in [1.54, 1.807) is 11.3 Å². The van der Waals surface area contributed by atoms with Crippen LogP contribution >= 0.6 is 11.3 Å². The van der Waals surface area contributed by atoms with Crippen molar-refractivity contribution in [2.45, 2.75) is 38.6 Å². The highest BCUT2D eigenvalue weighted by Crippen LogP contribution is 2.21. The predicted molar refractivity (Wildman–Crippen MR) is 69.3 cm³/mol. The summed E-state index contributed by atoms with van der Waals surface area (Å²) in [7, 11) is 0. The second kappa shape index (κ2) is 5.14. The van der Waals surface area contributed by atoms with Crippen LogP contribution in [-0.4, -0.2) is 34.9 Å². The maximum absolute atomic E-state index is 12.2. The number of hydrogen-bond acceptors (Lipinski definition) is 4. The van der Waals surface area contributed by atoms with E-state index in [0.29, 0.717) is 11.6 Å². The van der Waals surface area contributed by atoms with Gasteiger partial charge in [0, 0.05) is 30.4 Å². The largest absolute Gasteiger partial charge is 0.337 e. The number of piperidine rings is 1. The SMILES string of the molecule is CC(C)c1nc(C(=O)N2CCC(N)CC2)cs1. The Morgan fingerprint density at radius 3 is 2.71 bits per heavy atom. The molecule has 1 aliphatic rings. The molecule has 1 aliphatic heterocycles. The number of carbonyl (C=O) groups excluding carboxylic acids is 1. The van der Waals surface area contributed by atoms with Crippen LogP contribution < -0.4 is 5.73 Å². The first-order valence-corrected chi connectivity index (χ1v) is 6.96. The molecule has 2 rings (SSSR count). The van der Waals surface area contributed by atoms with Gasteiger partial charge in [0.05, 0.1) is 5.01 Å². The highest BCUT2D eigenvalue weighted by atomic mass is 32.1. The first kappa shape index (κ1) is 12.5. The number of carbonyl (C=O) groups is 1. The lowest BCUT2D eigenvalue weighted by Crippen LogP contribution is -2.42. The summed E-state index contributed by atoms with van der Waals surface area (Å²) in [6.45, 7) is 5.70. The van der Waals surface area contributed by atoms with Gasteiger partial charge in [0.25, 0.3) is 5.91 Å². The summed E-state index contributed by atoms with van der Waals surface area (Å²) in [5.74, 6) is 0.441. The smallest absolute Gasteiger partial charge is 0.273 e. The molecule has 0 saturated carbocycles. The third kappa shape index (κ3) is 2.84. The van der Waals surface area contributed by atoms with Crippen molar-refractivity contribution < 1.29 is 4.79 Å². The van der Waals surface area contributed by atoms with Crippen molar-refractivity contribution in [3.63, 3.8) is 0 Å². The molecule has 17 heavy (non-hydrogen) atoms. The average Bonchev–Trinajstić information content (AvgIpc) is 2.78. The summed E-state index contributed by atoms with van der Waals surface area (Å²) in [4.78, 5) is 18.4. The van der Waals surface area contributed by atoms with Gasteiger partial charge in [-0.3, -0.25) is 4.79 Å². The van der Waals surface area contributed by atoms with Gasteiger partial charge in [-0.05, 0) is 12.8 Å². The molecule has 94 valence electrons. The van der Waals surface area contributed by atoms with Crippen LogP contribution in [0.25, 0.3) is 0 Å². The Kier molecular flexibility index (Phi) is 3.79. The van der Waals surface area contributed by atoms with Crippen LogP contribution in [0.2, 0.25) is 0 Å². The molecule has 2 heterocycles. The Morgan fingerprint density at radius 2 is 2.18 bits per heavy atom. The number of nitrogens with zero attached hydrogens (tertiary/aromatic N) is 2. The lowest BCUT2D eigenvalue weighted by Gasteiger charge is -2.29. The Balaban J connectivity index is 2.03. The summed E-state index contributed by atoms with van der Waals surface area (Å²) in [6.07, 6.45) is 1.79. The van der Waals surface area contributed by atoms with Gasteiger partial charge in [0.1, 0.15) is 5.69 Å². The monoisotopic (exact) mass is 253 g/mol. The lowest BCUT2D eigenvalue weighted by atomic mass is 10.1. The van der Waals surface area contributed by atoms with E-state index in [0.717, 1.165) is 30.9 Å². The van der Waals surface area contributed by atoms with Crippen molar-refractivity contribution in [1.82, 2.24) is 9.88 Å². The molecule has 0 unspecified atom stereocenters. The minimum absolute atomic E-state index is 0.0556. The van der Waals surface area contributed by atoms with Crippen molar-refractivity contribution >= 4 is 17.2 Å². The molecule has 1 fully saturated rings. The molecule has 0 aromatic carbocycles. The zero-order valence-electron chi connectivity index (χ0n) is 10.3. The Labute approximate surface area is 106 Å². The van der Waals surface area contributed by atoms with Crippen molar-refractivity contribution in [2.75, 3.05) is 13.1 Å². The number of nitrogens with two attached hydrogens (primary N) is 1. The molecule has 1 amide bonds. The summed E-state index contributed by atoms with van der Waals surface area (Å²) < 4.78 is 0. The molecule has 0 bridgehead atoms. The van der Waals surface area contributed by atoms with Crippen molar-refractivity contribution in [3.8, 4) is 0 Å². The number of amides is 1. The van der Waals surface area contributed by atoms with Crippen LogP contribution in [0.4, 0.5) is 0 Å². The van der Waals surface area contributed by atoms with Crippen LogP contribution in [0, 0.1) is 0 Å². The molecular formula is C12H19N3OS. The van der Waals surface area contributed by atoms with Crippen molar-refractivity contribution in [1.29, 1.82) is 0 Å². The molecule has 4 nitrogen and oxygen atoms in total. The van der Waals surface area contributed by atoms with Gasteiger partial charge in [-0.15, -0.1) is 11.3 Å². The van der Waals surface area contributed by atoms with E-state index in [1.807, 2.05) is 10.3 Å². The van der Waals surface area contributed by atoms with Crippen LogP contribution in [-0.2, 0) is 0 Å². The zero-order valence-corrected chi connectivity index (χ0v) is 11.2. The molecule has 5 heteroatoms. The van der Waals surface area contributed by atoms with Crippen LogP contribution in [0.3, 0.4) is 0 Å². The minimum Gasteiger partial charge on any atom is -0.337 e. The number of hydrogen-bond donors (Lipinski definition) is 1. The normalized spacial score (nSPS) is 17.8. The van der Waals surface area contributed by atoms with E-state index >= 15 is 0 Å². The van der Waals surface area contributed by atoms with Crippen LogP contribution in [0.1, 0.15) is 48.1 Å². The number of likely N-dealkylation sites (tertiary alicyclic amines) is 1. The first-order chi connectivity index (χ1) is 8.08. The van der Waals surface area contributed by atoms with E-state index < -0.39 is 0 Å². The van der Waals surface area contributed by atoms with Crippen LogP contribution in [0.5, 0.6) is 0 Å². The van der Waals surface area contributed by atoms with E-state index in [9.17, 15) is 4.79 Å². The Bertz CT molecular complexity index is 394. The third-order valence-corrected chi connectivity index (χ3v) is 4.21. The quantitative estimate of drug-likeness (QED) is 0.874. The zero-order chi connectivity index (χ0) is 12.4. The number of aromatic nitrogens is 1.